The van der Waals surface area contributed by atoms with Crippen molar-refractivity contribution in [3.63, 3.8) is 0 Å². The third-order valence-electron chi connectivity index (χ3n) is 2.01. The molecule has 0 aliphatic rings. The second-order valence-corrected chi connectivity index (χ2v) is 5.88. The molecule has 0 aliphatic carbocycles. The van der Waals surface area contributed by atoms with Crippen LogP contribution in [0.1, 0.15) is 6.92 Å². The number of alkyl halides is 1. The Morgan fingerprint density at radius 1 is 1.59 bits per heavy atom. The minimum Gasteiger partial charge on any atom is -0.258 e. The standard InChI is InChI=1S/C9H11ClN2O4S/c1-7(5-10)6-17(15,16)9-8(12(13)14)3-2-4-11-9/h2-4,7H,5-6H2,1H3. The Kier molecular flexibility index (Phi) is 4.41. The van der Waals surface area contributed by atoms with Gasteiger partial charge in [0.2, 0.25) is 14.9 Å². The molecule has 94 valence electrons. The molecule has 0 N–H and O–H groups in total. The molecule has 17 heavy (non-hydrogen) atoms. The van der Waals surface area contributed by atoms with Crippen molar-refractivity contribution >= 4 is 27.1 Å². The smallest absolute Gasteiger partial charge is 0.258 e. The van der Waals surface area contributed by atoms with E-state index in [1.165, 1.54) is 12.3 Å². The van der Waals surface area contributed by atoms with Gasteiger partial charge in [0.25, 0.3) is 0 Å². The van der Waals surface area contributed by atoms with Crippen LogP contribution >= 0.6 is 11.6 Å². The van der Waals surface area contributed by atoms with Crippen LogP contribution in [0.4, 0.5) is 5.69 Å². The van der Waals surface area contributed by atoms with E-state index in [0.717, 1.165) is 6.07 Å². The van der Waals surface area contributed by atoms with Crippen molar-refractivity contribution in [3.8, 4) is 0 Å². The first-order valence-electron chi connectivity index (χ1n) is 4.76. The normalized spacial score (nSPS) is 13.3. The average Bonchev–Trinajstić information content (AvgIpc) is 2.28. The highest BCUT2D eigenvalue weighted by Gasteiger charge is 2.28. The lowest BCUT2D eigenvalue weighted by atomic mass is 10.3. The van der Waals surface area contributed by atoms with Crippen LogP contribution in [0.5, 0.6) is 0 Å². The minimum atomic E-state index is -3.78. The Hall–Kier alpha value is -1.21. The number of rotatable bonds is 5. The zero-order valence-electron chi connectivity index (χ0n) is 9.04. The Balaban J connectivity index is 3.20. The molecule has 1 heterocycles. The maximum absolute atomic E-state index is 11.9. The van der Waals surface area contributed by atoms with Crippen LogP contribution in [-0.2, 0) is 9.84 Å². The molecule has 6 nitrogen and oxygen atoms in total. The topological polar surface area (TPSA) is 90.2 Å². The van der Waals surface area contributed by atoms with Gasteiger partial charge in [-0.25, -0.2) is 13.4 Å². The van der Waals surface area contributed by atoms with E-state index >= 15 is 0 Å². The van der Waals surface area contributed by atoms with Gasteiger partial charge in [0.15, 0.2) is 0 Å². The first kappa shape index (κ1) is 13.9. The van der Waals surface area contributed by atoms with Gasteiger partial charge in [-0.2, -0.15) is 0 Å². The van der Waals surface area contributed by atoms with Gasteiger partial charge in [-0.1, -0.05) is 6.92 Å². The maximum Gasteiger partial charge on any atom is 0.306 e. The van der Waals surface area contributed by atoms with Gasteiger partial charge in [-0.15, -0.1) is 11.6 Å². The summed E-state index contributed by atoms with van der Waals surface area (Å²) in [5.74, 6) is -0.378. The molecule has 0 spiro atoms. The lowest BCUT2D eigenvalue weighted by Crippen LogP contribution is -2.17. The van der Waals surface area contributed by atoms with Crippen LogP contribution in [0.2, 0.25) is 0 Å². The molecule has 0 saturated heterocycles. The van der Waals surface area contributed by atoms with E-state index in [4.69, 9.17) is 11.6 Å². The van der Waals surface area contributed by atoms with Crippen LogP contribution in [0.3, 0.4) is 0 Å². The van der Waals surface area contributed by atoms with Crippen molar-refractivity contribution in [2.45, 2.75) is 11.9 Å². The summed E-state index contributed by atoms with van der Waals surface area (Å²) in [5.41, 5.74) is -0.505. The van der Waals surface area contributed by atoms with Crippen molar-refractivity contribution in [3.05, 3.63) is 28.4 Å². The van der Waals surface area contributed by atoms with Crippen molar-refractivity contribution in [1.29, 1.82) is 0 Å². The highest BCUT2D eigenvalue weighted by atomic mass is 35.5. The van der Waals surface area contributed by atoms with E-state index in [2.05, 4.69) is 4.98 Å². The fourth-order valence-corrected chi connectivity index (χ4v) is 3.20. The minimum absolute atomic E-state index is 0.167. The van der Waals surface area contributed by atoms with Crippen molar-refractivity contribution < 1.29 is 13.3 Å². The zero-order valence-corrected chi connectivity index (χ0v) is 10.6. The van der Waals surface area contributed by atoms with Gasteiger partial charge in [0, 0.05) is 18.1 Å². The van der Waals surface area contributed by atoms with Crippen molar-refractivity contribution in [1.82, 2.24) is 4.98 Å². The van der Waals surface area contributed by atoms with E-state index in [0.29, 0.717) is 0 Å². The summed E-state index contributed by atoms with van der Waals surface area (Å²) < 4.78 is 23.8. The van der Waals surface area contributed by atoms with E-state index in [-0.39, 0.29) is 17.6 Å². The second kappa shape index (κ2) is 5.42. The zero-order chi connectivity index (χ0) is 13.1. The quantitative estimate of drug-likeness (QED) is 0.464. The Bertz CT molecular complexity index is 517. The van der Waals surface area contributed by atoms with E-state index in [1.807, 2.05) is 0 Å². The lowest BCUT2D eigenvalue weighted by molar-refractivity contribution is -0.388. The number of halogens is 1. The monoisotopic (exact) mass is 278 g/mol. The lowest BCUT2D eigenvalue weighted by Gasteiger charge is -2.07. The first-order chi connectivity index (χ1) is 7.88. The van der Waals surface area contributed by atoms with Crippen LogP contribution in [0, 0.1) is 16.0 Å². The van der Waals surface area contributed by atoms with Crippen LogP contribution in [-0.4, -0.2) is 30.0 Å². The van der Waals surface area contributed by atoms with Crippen molar-refractivity contribution in [2.75, 3.05) is 11.6 Å². The second-order valence-electron chi connectivity index (χ2n) is 3.63. The molecule has 0 amide bonds. The molecule has 8 heteroatoms. The molecular formula is C9H11ClN2O4S. The molecule has 1 atom stereocenters. The summed E-state index contributed by atoms with van der Waals surface area (Å²) in [7, 11) is -3.78. The molecule has 0 radical (unpaired) electrons. The van der Waals surface area contributed by atoms with Gasteiger partial charge in [0.1, 0.15) is 0 Å². The number of sulfone groups is 1. The summed E-state index contributed by atoms with van der Waals surface area (Å²) in [5, 5.41) is 10.2. The molecule has 0 aliphatic heterocycles. The van der Waals surface area contributed by atoms with Crippen LogP contribution in [0.25, 0.3) is 0 Å². The SMILES string of the molecule is CC(CCl)CS(=O)(=O)c1ncccc1[N+](=O)[O-]. The predicted octanol–water partition coefficient (Wildman–Crippen LogP) is 1.64. The number of nitro groups is 1. The molecule has 0 aromatic carbocycles. The summed E-state index contributed by atoms with van der Waals surface area (Å²) >= 11 is 5.53. The maximum atomic E-state index is 11.9. The third-order valence-corrected chi connectivity index (χ3v) is 4.45. The largest absolute Gasteiger partial charge is 0.306 e. The molecule has 1 aromatic heterocycles. The first-order valence-corrected chi connectivity index (χ1v) is 6.95. The van der Waals surface area contributed by atoms with Crippen molar-refractivity contribution in [2.24, 2.45) is 5.92 Å². The van der Waals surface area contributed by atoms with Gasteiger partial charge >= 0.3 is 5.69 Å². The number of hydrogen-bond acceptors (Lipinski definition) is 5. The van der Waals surface area contributed by atoms with E-state index in [9.17, 15) is 18.5 Å². The molecule has 0 saturated carbocycles. The van der Waals surface area contributed by atoms with Crippen LogP contribution < -0.4 is 0 Å². The predicted molar refractivity (Wildman–Crippen MR) is 62.8 cm³/mol. The Labute approximate surface area is 104 Å². The highest BCUT2D eigenvalue weighted by Crippen LogP contribution is 2.23. The van der Waals surface area contributed by atoms with Gasteiger partial charge in [-0.05, 0) is 12.0 Å². The summed E-state index contributed by atoms with van der Waals surface area (Å²) in [4.78, 5) is 13.5. The number of pyridine rings is 1. The molecule has 0 fully saturated rings. The van der Waals surface area contributed by atoms with Gasteiger partial charge < -0.3 is 0 Å². The summed E-state index contributed by atoms with van der Waals surface area (Å²) in [6.45, 7) is 1.65. The van der Waals surface area contributed by atoms with E-state index < -0.39 is 25.5 Å². The average molecular weight is 279 g/mol. The number of aromatic nitrogens is 1. The Morgan fingerprint density at radius 2 is 2.24 bits per heavy atom. The number of hydrogen-bond donors (Lipinski definition) is 0. The molecule has 0 bridgehead atoms. The van der Waals surface area contributed by atoms with E-state index in [1.54, 1.807) is 6.92 Å². The van der Waals surface area contributed by atoms with Gasteiger partial charge in [0.05, 0.1) is 10.7 Å². The third kappa shape index (κ3) is 3.37. The molecular weight excluding hydrogens is 268 g/mol. The molecule has 1 aromatic rings. The molecule has 1 rings (SSSR count). The fourth-order valence-electron chi connectivity index (χ4n) is 1.26. The highest BCUT2D eigenvalue weighted by molar-refractivity contribution is 7.91. The summed E-state index contributed by atoms with van der Waals surface area (Å²) in [6.07, 6.45) is 1.21. The summed E-state index contributed by atoms with van der Waals surface area (Å²) in [6, 6.07) is 2.44. The fraction of sp³-hybridized carbons (Fsp3) is 0.444. The molecule has 1 unspecified atom stereocenters. The Morgan fingerprint density at radius 3 is 2.76 bits per heavy atom. The van der Waals surface area contributed by atoms with Gasteiger partial charge in [-0.3, -0.25) is 10.1 Å². The van der Waals surface area contributed by atoms with Crippen LogP contribution in [0.15, 0.2) is 23.4 Å². The number of nitrogens with zero attached hydrogens (tertiary/aromatic N) is 2.